The molecule has 0 aliphatic rings. The molecule has 0 aliphatic carbocycles. The van der Waals surface area contributed by atoms with Crippen LogP contribution in [0.3, 0.4) is 0 Å². The molecule has 26 heavy (non-hydrogen) atoms. The van der Waals surface area contributed by atoms with Gasteiger partial charge in [0.05, 0.1) is 6.61 Å². The Hall–Kier alpha value is 0.0200. The zero-order valence-corrected chi connectivity index (χ0v) is 16.8. The minimum atomic E-state index is 0. The molecule has 0 fully saturated rings. The second kappa shape index (κ2) is 21.3. The van der Waals surface area contributed by atoms with Gasteiger partial charge in [-0.05, 0) is 18.6 Å². The van der Waals surface area contributed by atoms with Crippen LogP contribution >= 0.6 is 0 Å². The van der Waals surface area contributed by atoms with Crippen LogP contribution in [-0.2, 0) is 0 Å². The third-order valence-corrected chi connectivity index (χ3v) is 5.01. The van der Waals surface area contributed by atoms with Crippen molar-refractivity contribution in [3.8, 4) is 5.75 Å². The van der Waals surface area contributed by atoms with E-state index in [0.29, 0.717) is 0 Å². The Morgan fingerprint density at radius 2 is 0.923 bits per heavy atom. The second-order valence-electron chi connectivity index (χ2n) is 7.46. The van der Waals surface area contributed by atoms with Crippen molar-refractivity contribution in [2.45, 2.75) is 110 Å². The van der Waals surface area contributed by atoms with E-state index >= 15 is 0 Å². The van der Waals surface area contributed by atoms with E-state index in [0.717, 1.165) is 12.4 Å². The van der Waals surface area contributed by atoms with E-state index in [1.807, 2.05) is 30.3 Å². The molecular formula is C24H43NaO. The Morgan fingerprint density at radius 1 is 0.538 bits per heavy atom. The Morgan fingerprint density at radius 3 is 1.35 bits per heavy atom. The van der Waals surface area contributed by atoms with E-state index in [9.17, 15) is 0 Å². The molecular weight excluding hydrogens is 327 g/mol. The van der Waals surface area contributed by atoms with Gasteiger partial charge in [0.25, 0.3) is 0 Å². The molecule has 1 aromatic carbocycles. The van der Waals surface area contributed by atoms with E-state index in [4.69, 9.17) is 4.74 Å². The molecule has 146 valence electrons. The van der Waals surface area contributed by atoms with Crippen LogP contribution in [-0.4, -0.2) is 36.2 Å². The fraction of sp³-hybridized carbons (Fsp3) is 0.750. The van der Waals surface area contributed by atoms with Crippen LogP contribution in [0, 0.1) is 0 Å². The fourth-order valence-corrected chi connectivity index (χ4v) is 3.36. The van der Waals surface area contributed by atoms with Gasteiger partial charge < -0.3 is 4.74 Å². The van der Waals surface area contributed by atoms with Crippen molar-refractivity contribution in [1.29, 1.82) is 0 Å². The van der Waals surface area contributed by atoms with Gasteiger partial charge in [0.2, 0.25) is 0 Å². The summed E-state index contributed by atoms with van der Waals surface area (Å²) in [4.78, 5) is 0. The average Bonchev–Trinajstić information content (AvgIpc) is 2.65. The molecule has 1 aromatic rings. The van der Waals surface area contributed by atoms with Crippen molar-refractivity contribution in [1.82, 2.24) is 0 Å². The van der Waals surface area contributed by atoms with Crippen LogP contribution in [0.2, 0.25) is 0 Å². The molecule has 0 heterocycles. The van der Waals surface area contributed by atoms with Gasteiger partial charge in [-0.1, -0.05) is 121 Å². The molecule has 0 N–H and O–H groups in total. The topological polar surface area (TPSA) is 9.23 Å². The van der Waals surface area contributed by atoms with Gasteiger partial charge in [-0.3, -0.25) is 0 Å². The summed E-state index contributed by atoms with van der Waals surface area (Å²) in [5.41, 5.74) is 0. The van der Waals surface area contributed by atoms with Crippen molar-refractivity contribution in [3.63, 3.8) is 0 Å². The van der Waals surface area contributed by atoms with E-state index < -0.39 is 0 Å². The molecule has 0 aliphatic heterocycles. The number of unbranched alkanes of at least 4 members (excludes halogenated alkanes) is 15. The average molecular weight is 371 g/mol. The molecule has 0 saturated carbocycles. The van der Waals surface area contributed by atoms with E-state index in [-0.39, 0.29) is 29.6 Å². The quantitative estimate of drug-likeness (QED) is 0.190. The molecule has 0 unspecified atom stereocenters. The summed E-state index contributed by atoms with van der Waals surface area (Å²) < 4.78 is 5.73. The number of para-hydroxylation sites is 1. The predicted octanol–water partition coefficient (Wildman–Crippen LogP) is 7.68. The van der Waals surface area contributed by atoms with Crippen LogP contribution in [0.15, 0.2) is 30.3 Å². The first-order valence-electron chi connectivity index (χ1n) is 11.1. The zero-order valence-electron chi connectivity index (χ0n) is 16.8. The molecule has 2 heteroatoms. The van der Waals surface area contributed by atoms with Crippen molar-refractivity contribution < 1.29 is 4.74 Å². The number of rotatable bonds is 18. The third-order valence-electron chi connectivity index (χ3n) is 5.01. The molecule has 1 nitrogen and oxygen atoms in total. The summed E-state index contributed by atoms with van der Waals surface area (Å²) in [6, 6.07) is 10.2. The minimum absolute atomic E-state index is 0. The number of hydrogen-bond acceptors (Lipinski definition) is 1. The van der Waals surface area contributed by atoms with Gasteiger partial charge in [-0.25, -0.2) is 0 Å². The summed E-state index contributed by atoms with van der Waals surface area (Å²) >= 11 is 0. The summed E-state index contributed by atoms with van der Waals surface area (Å²) in [5.74, 6) is 1.00. The molecule has 0 aromatic heterocycles. The van der Waals surface area contributed by atoms with E-state index in [1.165, 1.54) is 103 Å². The molecule has 1 rings (SSSR count). The van der Waals surface area contributed by atoms with E-state index in [2.05, 4.69) is 6.92 Å². The maximum atomic E-state index is 5.73. The summed E-state index contributed by atoms with van der Waals surface area (Å²) in [6.07, 6.45) is 22.6. The first-order chi connectivity index (χ1) is 12.4. The van der Waals surface area contributed by atoms with Crippen molar-refractivity contribution in [2.24, 2.45) is 0 Å². The Balaban J connectivity index is 0.00000625. The van der Waals surface area contributed by atoms with Gasteiger partial charge in [-0.15, -0.1) is 0 Å². The van der Waals surface area contributed by atoms with Crippen LogP contribution in [0.1, 0.15) is 110 Å². The molecule has 0 radical (unpaired) electrons. The monoisotopic (exact) mass is 370 g/mol. The number of benzene rings is 1. The van der Waals surface area contributed by atoms with Crippen molar-refractivity contribution in [2.75, 3.05) is 6.61 Å². The number of hydrogen-bond donors (Lipinski definition) is 0. The van der Waals surface area contributed by atoms with Crippen LogP contribution in [0.25, 0.3) is 0 Å². The Labute approximate surface area is 186 Å². The van der Waals surface area contributed by atoms with Gasteiger partial charge in [0.15, 0.2) is 0 Å². The predicted molar refractivity (Wildman–Crippen MR) is 119 cm³/mol. The number of ether oxygens (including phenoxy) is 1. The molecule has 0 amide bonds. The summed E-state index contributed by atoms with van der Waals surface area (Å²) in [6.45, 7) is 3.16. The van der Waals surface area contributed by atoms with Crippen LogP contribution < -0.4 is 4.74 Å². The standard InChI is InChI=1S/C24H42O.Na.H/c1-2-3-4-5-6-7-8-9-10-11-12-13-14-15-16-20-23-25-24-21-18-17-19-22-24;;/h17-19,21-22H,2-16,20,23H2,1H3;;. The summed E-state index contributed by atoms with van der Waals surface area (Å²) in [5, 5.41) is 0. The SMILES string of the molecule is CCCCCCCCCCCCCCCCCCOc1ccccc1.[NaH]. The van der Waals surface area contributed by atoms with Crippen LogP contribution in [0.5, 0.6) is 5.75 Å². The first-order valence-corrected chi connectivity index (χ1v) is 11.1. The van der Waals surface area contributed by atoms with Gasteiger partial charge in [0, 0.05) is 0 Å². The second-order valence-corrected chi connectivity index (χ2v) is 7.46. The van der Waals surface area contributed by atoms with Gasteiger partial charge in [0.1, 0.15) is 5.75 Å². The third kappa shape index (κ3) is 17.4. The Kier molecular flexibility index (Phi) is 21.3. The van der Waals surface area contributed by atoms with E-state index in [1.54, 1.807) is 0 Å². The van der Waals surface area contributed by atoms with Crippen LogP contribution in [0.4, 0.5) is 0 Å². The van der Waals surface area contributed by atoms with Crippen molar-refractivity contribution in [3.05, 3.63) is 30.3 Å². The first kappa shape index (κ1) is 26.0. The van der Waals surface area contributed by atoms with Crippen molar-refractivity contribution >= 4 is 29.6 Å². The molecule has 0 saturated heterocycles. The van der Waals surface area contributed by atoms with Gasteiger partial charge >= 0.3 is 29.6 Å². The molecule has 0 atom stereocenters. The fourth-order valence-electron chi connectivity index (χ4n) is 3.36. The molecule has 0 bridgehead atoms. The normalized spacial score (nSPS) is 10.5. The maximum absolute atomic E-state index is 5.73. The zero-order chi connectivity index (χ0) is 17.8. The summed E-state index contributed by atoms with van der Waals surface area (Å²) in [7, 11) is 0. The van der Waals surface area contributed by atoms with Gasteiger partial charge in [-0.2, -0.15) is 0 Å². The molecule has 0 spiro atoms. The Bertz CT molecular complexity index is 366.